The van der Waals surface area contributed by atoms with Gasteiger partial charge in [-0.2, -0.15) is 11.3 Å². The minimum Gasteiger partial charge on any atom is -0.338 e. The monoisotopic (exact) mass is 250 g/mol. The molecule has 1 aromatic heterocycles. The average Bonchev–Trinajstić information content (AvgIpc) is 3.00. The summed E-state index contributed by atoms with van der Waals surface area (Å²) < 4.78 is 0. The van der Waals surface area contributed by atoms with Crippen LogP contribution < -0.4 is 5.32 Å². The van der Waals surface area contributed by atoms with Gasteiger partial charge in [0.1, 0.15) is 0 Å². The summed E-state index contributed by atoms with van der Waals surface area (Å²) in [6.07, 6.45) is 3.64. The van der Waals surface area contributed by atoms with E-state index in [4.69, 9.17) is 0 Å². The summed E-state index contributed by atoms with van der Waals surface area (Å²) in [5, 5.41) is 7.37. The molecule has 1 amide bonds. The molecule has 3 nitrogen and oxygen atoms in total. The number of nitrogens with zero attached hydrogens (tertiary/aromatic N) is 1. The Morgan fingerprint density at radius 3 is 3.12 bits per heavy atom. The van der Waals surface area contributed by atoms with E-state index in [1.807, 2.05) is 16.8 Å². The van der Waals surface area contributed by atoms with E-state index in [0.29, 0.717) is 5.41 Å². The number of thiophene rings is 1. The first-order chi connectivity index (χ1) is 8.29. The quantitative estimate of drug-likeness (QED) is 0.826. The molecule has 0 aliphatic carbocycles. The minimum atomic E-state index is 0.220. The van der Waals surface area contributed by atoms with Gasteiger partial charge in [0.2, 0.25) is 0 Å². The molecule has 1 N–H and O–H groups in total. The molecule has 2 aliphatic heterocycles. The van der Waals surface area contributed by atoms with E-state index < -0.39 is 0 Å². The van der Waals surface area contributed by atoms with Crippen molar-refractivity contribution in [2.24, 2.45) is 5.41 Å². The van der Waals surface area contributed by atoms with Gasteiger partial charge >= 0.3 is 0 Å². The summed E-state index contributed by atoms with van der Waals surface area (Å²) in [6, 6.07) is 1.93. The van der Waals surface area contributed by atoms with Crippen molar-refractivity contribution >= 4 is 17.2 Å². The zero-order valence-electron chi connectivity index (χ0n) is 9.95. The number of carbonyl (C=O) groups is 1. The van der Waals surface area contributed by atoms with Crippen LogP contribution in [0.15, 0.2) is 16.8 Å². The second-order valence-corrected chi connectivity index (χ2v) is 6.05. The van der Waals surface area contributed by atoms with E-state index >= 15 is 0 Å². The summed E-state index contributed by atoms with van der Waals surface area (Å²) >= 11 is 1.60. The third kappa shape index (κ3) is 2.11. The SMILES string of the molecule is O=C(c1ccsc1)N1CCCC2(CCNC2)C1. The van der Waals surface area contributed by atoms with Crippen molar-refractivity contribution in [3.05, 3.63) is 22.4 Å². The van der Waals surface area contributed by atoms with E-state index in [0.717, 1.165) is 38.2 Å². The molecular formula is C13H18N2OS. The number of likely N-dealkylation sites (tertiary alicyclic amines) is 1. The van der Waals surface area contributed by atoms with Gasteiger partial charge in [-0.3, -0.25) is 4.79 Å². The molecule has 1 atom stereocenters. The Morgan fingerprint density at radius 2 is 2.41 bits per heavy atom. The Morgan fingerprint density at radius 1 is 1.47 bits per heavy atom. The third-order valence-corrected chi connectivity index (χ3v) is 4.73. The maximum Gasteiger partial charge on any atom is 0.254 e. The lowest BCUT2D eigenvalue weighted by Gasteiger charge is -2.40. The number of hydrogen-bond donors (Lipinski definition) is 1. The van der Waals surface area contributed by atoms with Crippen LogP contribution in [0, 0.1) is 5.41 Å². The van der Waals surface area contributed by atoms with Crippen LogP contribution in [0.5, 0.6) is 0 Å². The molecule has 2 saturated heterocycles. The molecule has 2 aliphatic rings. The van der Waals surface area contributed by atoms with Gasteiger partial charge in [-0.25, -0.2) is 0 Å². The van der Waals surface area contributed by atoms with Crippen molar-refractivity contribution in [1.82, 2.24) is 10.2 Å². The van der Waals surface area contributed by atoms with Gasteiger partial charge in [0.15, 0.2) is 0 Å². The van der Waals surface area contributed by atoms with E-state index in [-0.39, 0.29) is 5.91 Å². The van der Waals surface area contributed by atoms with Crippen LogP contribution in [0.2, 0.25) is 0 Å². The minimum absolute atomic E-state index is 0.220. The first-order valence-electron chi connectivity index (χ1n) is 6.31. The first kappa shape index (κ1) is 11.2. The number of hydrogen-bond acceptors (Lipinski definition) is 3. The maximum atomic E-state index is 12.3. The van der Waals surface area contributed by atoms with Crippen LogP contribution in [0.3, 0.4) is 0 Å². The number of amides is 1. The van der Waals surface area contributed by atoms with Gasteiger partial charge in [0, 0.05) is 30.4 Å². The smallest absolute Gasteiger partial charge is 0.254 e. The zero-order chi connectivity index (χ0) is 11.7. The van der Waals surface area contributed by atoms with Crippen molar-refractivity contribution in [2.75, 3.05) is 26.2 Å². The van der Waals surface area contributed by atoms with Crippen LogP contribution in [-0.4, -0.2) is 37.0 Å². The number of piperidine rings is 1. The van der Waals surface area contributed by atoms with Gasteiger partial charge in [-0.1, -0.05) is 0 Å². The molecule has 1 aromatic rings. The molecule has 3 rings (SSSR count). The molecular weight excluding hydrogens is 232 g/mol. The number of nitrogens with one attached hydrogen (secondary N) is 1. The molecule has 92 valence electrons. The standard InChI is InChI=1S/C13H18N2OS/c16-12(11-2-7-17-8-11)15-6-1-3-13(10-15)4-5-14-9-13/h2,7-8,14H,1,3-6,9-10H2. The highest BCUT2D eigenvalue weighted by molar-refractivity contribution is 7.08. The van der Waals surface area contributed by atoms with E-state index in [1.165, 1.54) is 12.8 Å². The Bertz CT molecular complexity index is 396. The topological polar surface area (TPSA) is 32.3 Å². The summed E-state index contributed by atoms with van der Waals surface area (Å²) in [5.41, 5.74) is 1.22. The summed E-state index contributed by atoms with van der Waals surface area (Å²) in [7, 11) is 0. The van der Waals surface area contributed by atoms with E-state index in [1.54, 1.807) is 11.3 Å². The second kappa shape index (κ2) is 4.42. The number of carbonyl (C=O) groups excluding carboxylic acids is 1. The highest BCUT2D eigenvalue weighted by Gasteiger charge is 2.39. The molecule has 17 heavy (non-hydrogen) atoms. The maximum absolute atomic E-state index is 12.3. The van der Waals surface area contributed by atoms with Gasteiger partial charge in [-0.05, 0) is 37.3 Å². The third-order valence-electron chi connectivity index (χ3n) is 4.05. The summed E-state index contributed by atoms with van der Waals surface area (Å²) in [4.78, 5) is 14.4. The normalized spacial score (nSPS) is 28.8. The molecule has 4 heteroatoms. The lowest BCUT2D eigenvalue weighted by atomic mass is 9.79. The Balaban J connectivity index is 1.73. The fourth-order valence-electron chi connectivity index (χ4n) is 3.09. The molecule has 1 spiro atoms. The largest absolute Gasteiger partial charge is 0.338 e. The Hall–Kier alpha value is -0.870. The second-order valence-electron chi connectivity index (χ2n) is 5.27. The molecule has 0 radical (unpaired) electrons. The van der Waals surface area contributed by atoms with Gasteiger partial charge < -0.3 is 10.2 Å². The highest BCUT2D eigenvalue weighted by atomic mass is 32.1. The Kier molecular flexibility index (Phi) is 2.92. The molecule has 0 aromatic carbocycles. The van der Waals surface area contributed by atoms with E-state index in [2.05, 4.69) is 10.2 Å². The molecule has 2 fully saturated rings. The first-order valence-corrected chi connectivity index (χ1v) is 7.26. The lowest BCUT2D eigenvalue weighted by molar-refractivity contribution is 0.0554. The van der Waals surface area contributed by atoms with Gasteiger partial charge in [0.25, 0.3) is 5.91 Å². The van der Waals surface area contributed by atoms with Crippen LogP contribution >= 0.6 is 11.3 Å². The van der Waals surface area contributed by atoms with Crippen molar-refractivity contribution in [3.63, 3.8) is 0 Å². The molecule has 0 bridgehead atoms. The van der Waals surface area contributed by atoms with Crippen LogP contribution in [0.4, 0.5) is 0 Å². The van der Waals surface area contributed by atoms with Crippen molar-refractivity contribution in [1.29, 1.82) is 0 Å². The van der Waals surface area contributed by atoms with Crippen molar-refractivity contribution in [3.8, 4) is 0 Å². The zero-order valence-corrected chi connectivity index (χ0v) is 10.8. The van der Waals surface area contributed by atoms with Crippen LogP contribution in [-0.2, 0) is 0 Å². The fraction of sp³-hybridized carbons (Fsp3) is 0.615. The lowest BCUT2D eigenvalue weighted by Crippen LogP contribution is -2.47. The van der Waals surface area contributed by atoms with Crippen molar-refractivity contribution in [2.45, 2.75) is 19.3 Å². The molecule has 0 saturated carbocycles. The predicted molar refractivity (Wildman–Crippen MR) is 69.4 cm³/mol. The summed E-state index contributed by atoms with van der Waals surface area (Å²) in [5.74, 6) is 0.220. The van der Waals surface area contributed by atoms with Gasteiger partial charge in [0.05, 0.1) is 5.56 Å². The van der Waals surface area contributed by atoms with Crippen LogP contribution in [0.25, 0.3) is 0 Å². The fourth-order valence-corrected chi connectivity index (χ4v) is 3.72. The predicted octanol–water partition coefficient (Wildman–Crippen LogP) is 1.96. The number of rotatable bonds is 1. The van der Waals surface area contributed by atoms with E-state index in [9.17, 15) is 4.79 Å². The van der Waals surface area contributed by atoms with Crippen molar-refractivity contribution < 1.29 is 4.79 Å². The van der Waals surface area contributed by atoms with Crippen LogP contribution in [0.1, 0.15) is 29.6 Å². The highest BCUT2D eigenvalue weighted by Crippen LogP contribution is 2.35. The average molecular weight is 250 g/mol. The summed E-state index contributed by atoms with van der Waals surface area (Å²) in [6.45, 7) is 4.06. The molecule has 3 heterocycles. The van der Waals surface area contributed by atoms with Gasteiger partial charge in [-0.15, -0.1) is 0 Å². The Labute approximate surface area is 106 Å². The molecule has 1 unspecified atom stereocenters.